The summed E-state index contributed by atoms with van der Waals surface area (Å²) in [6, 6.07) is 0. The molecular formula is C23H31FN4O. The summed E-state index contributed by atoms with van der Waals surface area (Å²) in [6.45, 7) is 16.5. The van der Waals surface area contributed by atoms with Crippen molar-refractivity contribution in [2.75, 3.05) is 20.1 Å². The zero-order valence-corrected chi connectivity index (χ0v) is 18.3. The number of halogens is 1. The first-order valence-corrected chi connectivity index (χ1v) is 9.12. The summed E-state index contributed by atoms with van der Waals surface area (Å²) in [5, 5.41) is 3.13. The van der Waals surface area contributed by atoms with Crippen LogP contribution in [0.5, 0.6) is 0 Å². The summed E-state index contributed by atoms with van der Waals surface area (Å²) < 4.78 is 13.3. The SMILES string of the molecule is C=CC(=NC(C)=N/C=C\N(C)CC(C)=O)C(=C)NC/C(C#CC)=C/C(C)=C(\C)F. The lowest BCUT2D eigenvalue weighted by Crippen LogP contribution is -2.21. The fourth-order valence-electron chi connectivity index (χ4n) is 2.04. The number of nitrogens with zero attached hydrogens (tertiary/aromatic N) is 3. The van der Waals surface area contributed by atoms with E-state index in [1.807, 2.05) is 0 Å². The highest BCUT2D eigenvalue weighted by Gasteiger charge is 2.03. The first-order valence-electron chi connectivity index (χ1n) is 9.12. The number of nitrogens with one attached hydrogen (secondary N) is 1. The maximum atomic E-state index is 13.3. The Morgan fingerprint density at radius 2 is 1.93 bits per heavy atom. The second kappa shape index (κ2) is 13.9. The second-order valence-electron chi connectivity index (χ2n) is 6.39. The van der Waals surface area contributed by atoms with Crippen LogP contribution in [0.25, 0.3) is 0 Å². The Balaban J connectivity index is 5.18. The Morgan fingerprint density at radius 1 is 1.28 bits per heavy atom. The number of Topliss-reactive ketones (excluding diaryl/α,β-unsaturated/α-hetero) is 1. The van der Waals surface area contributed by atoms with Gasteiger partial charge in [-0.1, -0.05) is 19.1 Å². The van der Waals surface area contributed by atoms with E-state index in [4.69, 9.17) is 0 Å². The Labute approximate surface area is 174 Å². The minimum Gasteiger partial charge on any atom is -0.379 e. The molecule has 0 bridgehead atoms. The van der Waals surface area contributed by atoms with Crippen LogP contribution < -0.4 is 5.32 Å². The molecule has 0 heterocycles. The van der Waals surface area contributed by atoms with Crippen LogP contribution in [0.2, 0.25) is 0 Å². The van der Waals surface area contributed by atoms with Gasteiger partial charge in [-0.15, -0.1) is 5.92 Å². The largest absolute Gasteiger partial charge is 0.379 e. The lowest BCUT2D eigenvalue weighted by Gasteiger charge is -2.10. The van der Waals surface area contributed by atoms with Gasteiger partial charge in [0.05, 0.1) is 23.8 Å². The molecule has 0 saturated heterocycles. The zero-order chi connectivity index (χ0) is 22.4. The number of rotatable bonds is 10. The van der Waals surface area contributed by atoms with E-state index in [0.717, 1.165) is 5.57 Å². The normalized spacial score (nSPS) is 13.4. The summed E-state index contributed by atoms with van der Waals surface area (Å²) in [5.74, 6) is 6.10. The van der Waals surface area contributed by atoms with Gasteiger partial charge in [0.25, 0.3) is 0 Å². The number of carbonyl (C=O) groups is 1. The minimum atomic E-state index is -0.249. The zero-order valence-electron chi connectivity index (χ0n) is 18.3. The van der Waals surface area contributed by atoms with E-state index < -0.39 is 0 Å². The summed E-state index contributed by atoms with van der Waals surface area (Å²) in [4.78, 5) is 21.4. The molecule has 0 spiro atoms. The molecule has 0 aliphatic heterocycles. The van der Waals surface area contributed by atoms with E-state index in [-0.39, 0.29) is 11.6 Å². The first-order chi connectivity index (χ1) is 13.6. The molecule has 0 saturated carbocycles. The quantitative estimate of drug-likeness (QED) is 0.258. The second-order valence-corrected chi connectivity index (χ2v) is 6.39. The molecule has 0 atom stereocenters. The van der Waals surface area contributed by atoms with Crippen molar-refractivity contribution in [3.8, 4) is 11.8 Å². The summed E-state index contributed by atoms with van der Waals surface area (Å²) >= 11 is 0. The summed E-state index contributed by atoms with van der Waals surface area (Å²) in [7, 11) is 1.79. The lowest BCUT2D eigenvalue weighted by molar-refractivity contribution is -0.117. The molecule has 29 heavy (non-hydrogen) atoms. The molecule has 0 radical (unpaired) electrons. The lowest BCUT2D eigenvalue weighted by atomic mass is 10.1. The van der Waals surface area contributed by atoms with Crippen molar-refractivity contribution >= 4 is 17.3 Å². The molecular weight excluding hydrogens is 367 g/mol. The highest BCUT2D eigenvalue weighted by atomic mass is 19.1. The molecule has 5 nitrogen and oxygen atoms in total. The van der Waals surface area contributed by atoms with Gasteiger partial charge in [0.1, 0.15) is 11.6 Å². The molecule has 0 amide bonds. The van der Waals surface area contributed by atoms with Gasteiger partial charge in [0.2, 0.25) is 0 Å². The fourth-order valence-corrected chi connectivity index (χ4v) is 2.04. The molecule has 0 aromatic heterocycles. The fraction of sp³-hybridized carbons (Fsp3) is 0.348. The van der Waals surface area contributed by atoms with E-state index in [9.17, 15) is 9.18 Å². The van der Waals surface area contributed by atoms with Crippen LogP contribution >= 0.6 is 0 Å². The van der Waals surface area contributed by atoms with E-state index in [0.29, 0.717) is 35.9 Å². The predicted octanol–water partition coefficient (Wildman–Crippen LogP) is 4.34. The van der Waals surface area contributed by atoms with Crippen LogP contribution in [0.1, 0.15) is 34.6 Å². The van der Waals surface area contributed by atoms with Crippen molar-refractivity contribution in [2.24, 2.45) is 9.98 Å². The third-order valence-corrected chi connectivity index (χ3v) is 3.55. The average Bonchev–Trinajstić information content (AvgIpc) is 2.63. The van der Waals surface area contributed by atoms with Gasteiger partial charge in [0, 0.05) is 31.6 Å². The minimum absolute atomic E-state index is 0.0701. The number of ketones is 1. The van der Waals surface area contributed by atoms with E-state index in [2.05, 4.69) is 40.3 Å². The van der Waals surface area contributed by atoms with Gasteiger partial charge in [-0.25, -0.2) is 14.4 Å². The molecule has 0 aromatic rings. The molecule has 6 heteroatoms. The standard InChI is InChI=1S/C23H31FN4O/c1-9-11-22(14-17(3)19(5)24)15-26-20(6)23(10-2)27-21(7)25-12-13-28(8)16-18(4)29/h10,12-14,26H,2,6,15-16H2,1,3-5,7-8H3/b13-12-,19-17+,22-14+,25-21?,27-23?. The molecule has 0 aliphatic rings. The van der Waals surface area contributed by atoms with Crippen molar-refractivity contribution in [3.63, 3.8) is 0 Å². The van der Waals surface area contributed by atoms with Gasteiger partial charge < -0.3 is 10.2 Å². The Bertz CT molecular complexity index is 829. The maximum Gasteiger partial charge on any atom is 0.148 e. The van der Waals surface area contributed by atoms with Crippen LogP contribution in [-0.4, -0.2) is 42.4 Å². The van der Waals surface area contributed by atoms with Crippen molar-refractivity contribution in [2.45, 2.75) is 34.6 Å². The van der Waals surface area contributed by atoms with Gasteiger partial charge >= 0.3 is 0 Å². The number of allylic oxidation sites excluding steroid dienone is 4. The van der Waals surface area contributed by atoms with Gasteiger partial charge in [0.15, 0.2) is 0 Å². The van der Waals surface area contributed by atoms with Gasteiger partial charge in [-0.05, 0) is 52.3 Å². The smallest absolute Gasteiger partial charge is 0.148 e. The number of hydrogen-bond donors (Lipinski definition) is 1. The molecule has 0 rings (SSSR count). The van der Waals surface area contributed by atoms with Crippen molar-refractivity contribution in [1.82, 2.24) is 10.2 Å². The van der Waals surface area contributed by atoms with Crippen LogP contribution in [0.15, 0.2) is 70.4 Å². The topological polar surface area (TPSA) is 57.1 Å². The van der Waals surface area contributed by atoms with Gasteiger partial charge in [-0.3, -0.25) is 4.79 Å². The molecule has 0 unspecified atom stereocenters. The number of carbonyl (C=O) groups excluding carboxylic acids is 1. The third kappa shape index (κ3) is 12.0. The Morgan fingerprint density at radius 3 is 2.45 bits per heavy atom. The highest BCUT2D eigenvalue weighted by Crippen LogP contribution is 2.09. The monoisotopic (exact) mass is 398 g/mol. The first kappa shape index (κ1) is 25.8. The molecule has 0 fully saturated rings. The van der Waals surface area contributed by atoms with E-state index in [1.54, 1.807) is 57.3 Å². The van der Waals surface area contributed by atoms with Crippen LogP contribution in [0.4, 0.5) is 4.39 Å². The van der Waals surface area contributed by atoms with E-state index >= 15 is 0 Å². The van der Waals surface area contributed by atoms with Crippen LogP contribution in [-0.2, 0) is 4.79 Å². The predicted molar refractivity (Wildman–Crippen MR) is 121 cm³/mol. The summed E-state index contributed by atoms with van der Waals surface area (Å²) in [5.41, 5.74) is 2.34. The van der Waals surface area contributed by atoms with Crippen molar-refractivity contribution < 1.29 is 9.18 Å². The van der Waals surface area contributed by atoms with E-state index in [1.165, 1.54) is 13.8 Å². The van der Waals surface area contributed by atoms with Crippen LogP contribution in [0, 0.1) is 11.8 Å². The molecule has 0 aliphatic carbocycles. The molecule has 0 aromatic carbocycles. The molecule has 156 valence electrons. The number of amidine groups is 1. The third-order valence-electron chi connectivity index (χ3n) is 3.55. The van der Waals surface area contributed by atoms with Gasteiger partial charge in [-0.2, -0.15) is 0 Å². The van der Waals surface area contributed by atoms with Crippen molar-refractivity contribution in [3.05, 3.63) is 60.4 Å². The number of aliphatic imine (C=N–C) groups is 2. The Hall–Kier alpha value is -3.20. The van der Waals surface area contributed by atoms with Crippen LogP contribution in [0.3, 0.4) is 0 Å². The number of hydrogen-bond acceptors (Lipinski definition) is 4. The van der Waals surface area contributed by atoms with Crippen molar-refractivity contribution in [1.29, 1.82) is 0 Å². The Kier molecular flexibility index (Phi) is 12.4. The average molecular weight is 399 g/mol. The molecule has 1 N–H and O–H groups in total. The highest BCUT2D eigenvalue weighted by molar-refractivity contribution is 6.12. The maximum absolute atomic E-state index is 13.3. The number of likely N-dealkylation sites (N-methyl/N-ethyl adjacent to an activating group) is 1. The summed E-state index contributed by atoms with van der Waals surface area (Å²) in [6.07, 6.45) is 6.55.